The maximum Gasteiger partial charge on any atom is 0.251 e. The van der Waals surface area contributed by atoms with Gasteiger partial charge in [0, 0.05) is 37.8 Å². The van der Waals surface area contributed by atoms with Crippen LogP contribution in [0.25, 0.3) is 0 Å². The number of nitrogens with zero attached hydrogens (tertiary/aromatic N) is 4. The van der Waals surface area contributed by atoms with Crippen LogP contribution in [0.3, 0.4) is 0 Å². The predicted octanol–water partition coefficient (Wildman–Crippen LogP) is 1.63. The fraction of sp³-hybridized carbons (Fsp3) is 0.625. The zero-order chi connectivity index (χ0) is 15.4. The van der Waals surface area contributed by atoms with Crippen molar-refractivity contribution in [3.63, 3.8) is 0 Å². The number of carbonyl (C=O) groups is 1. The molecule has 1 saturated heterocycles. The van der Waals surface area contributed by atoms with E-state index in [0.717, 1.165) is 38.3 Å². The first-order valence-corrected chi connectivity index (χ1v) is 8.05. The molecule has 2 fully saturated rings. The third kappa shape index (κ3) is 2.08. The first-order chi connectivity index (χ1) is 10.6. The maximum absolute atomic E-state index is 13.6. The number of fused-ring (bicyclic) bond motifs is 3. The highest BCUT2D eigenvalue weighted by Crippen LogP contribution is 2.42. The molecule has 4 rings (SSSR count). The van der Waals surface area contributed by atoms with Crippen molar-refractivity contribution in [1.29, 1.82) is 0 Å². The summed E-state index contributed by atoms with van der Waals surface area (Å²) >= 11 is 0. The molecule has 1 amide bonds. The van der Waals surface area contributed by atoms with Crippen molar-refractivity contribution < 1.29 is 9.18 Å². The van der Waals surface area contributed by atoms with E-state index in [1.165, 1.54) is 12.3 Å². The Kier molecular flexibility index (Phi) is 3.11. The Morgan fingerprint density at radius 3 is 2.77 bits per heavy atom. The van der Waals surface area contributed by atoms with Gasteiger partial charge >= 0.3 is 0 Å². The van der Waals surface area contributed by atoms with Gasteiger partial charge in [0.25, 0.3) is 5.91 Å². The summed E-state index contributed by atoms with van der Waals surface area (Å²) in [6.07, 6.45) is 3.26. The molecule has 118 valence electrons. The number of carbonyl (C=O) groups excluding carboxylic acids is 1. The summed E-state index contributed by atoms with van der Waals surface area (Å²) in [5, 5.41) is 0. The minimum atomic E-state index is -0.378. The molecule has 6 heteroatoms. The number of pyridine rings is 1. The molecule has 2 aliphatic heterocycles. The molecule has 1 saturated carbocycles. The number of piperazine rings is 1. The molecular weight excluding hydrogens is 283 g/mol. The Bertz CT molecular complexity index is 616. The molecule has 5 nitrogen and oxygen atoms in total. The molecular formula is C16H21FN4O. The van der Waals surface area contributed by atoms with Crippen molar-refractivity contribution in [1.82, 2.24) is 9.88 Å². The number of halogens is 1. The molecule has 22 heavy (non-hydrogen) atoms. The number of aromatic nitrogens is 1. The van der Waals surface area contributed by atoms with Crippen LogP contribution in [0, 0.1) is 5.82 Å². The van der Waals surface area contributed by atoms with Crippen molar-refractivity contribution in [2.75, 3.05) is 29.4 Å². The van der Waals surface area contributed by atoms with Gasteiger partial charge < -0.3 is 9.80 Å². The van der Waals surface area contributed by atoms with Crippen molar-refractivity contribution in [2.24, 2.45) is 0 Å². The Morgan fingerprint density at radius 1 is 1.32 bits per heavy atom. The van der Waals surface area contributed by atoms with E-state index in [1.807, 2.05) is 0 Å². The normalized spacial score (nSPS) is 25.5. The van der Waals surface area contributed by atoms with Gasteiger partial charge in [0.15, 0.2) is 5.82 Å². The van der Waals surface area contributed by atoms with Crippen LogP contribution in [0.15, 0.2) is 12.3 Å². The predicted molar refractivity (Wildman–Crippen MR) is 82.5 cm³/mol. The fourth-order valence-corrected chi connectivity index (χ4v) is 3.55. The number of hydrogen-bond donors (Lipinski definition) is 0. The second-order valence-corrected chi connectivity index (χ2v) is 6.73. The van der Waals surface area contributed by atoms with E-state index in [-0.39, 0.29) is 23.8 Å². The van der Waals surface area contributed by atoms with E-state index >= 15 is 0 Å². The molecule has 0 aromatic carbocycles. The fourth-order valence-electron chi connectivity index (χ4n) is 3.55. The Balaban J connectivity index is 1.75. The lowest BCUT2D eigenvalue weighted by Gasteiger charge is -2.48. The molecule has 1 aromatic rings. The van der Waals surface area contributed by atoms with Crippen LogP contribution in [-0.2, 0) is 4.79 Å². The number of amides is 1. The van der Waals surface area contributed by atoms with Gasteiger partial charge in [-0.05, 0) is 26.7 Å². The molecule has 0 N–H and O–H groups in total. The number of rotatable bonds is 2. The topological polar surface area (TPSA) is 39.7 Å². The second-order valence-electron chi connectivity index (χ2n) is 6.73. The lowest BCUT2D eigenvalue weighted by atomic mass is 10.0. The molecule has 0 unspecified atom stereocenters. The number of hydrogen-bond acceptors (Lipinski definition) is 4. The van der Waals surface area contributed by atoms with Gasteiger partial charge in [0.05, 0.1) is 11.9 Å². The van der Waals surface area contributed by atoms with E-state index in [2.05, 4.69) is 28.6 Å². The van der Waals surface area contributed by atoms with E-state index < -0.39 is 0 Å². The van der Waals surface area contributed by atoms with Crippen LogP contribution < -0.4 is 9.80 Å². The van der Waals surface area contributed by atoms with E-state index in [9.17, 15) is 9.18 Å². The van der Waals surface area contributed by atoms with Gasteiger partial charge in [0.2, 0.25) is 0 Å². The Hall–Kier alpha value is -1.69. The highest BCUT2D eigenvalue weighted by atomic mass is 19.1. The van der Waals surface area contributed by atoms with Crippen molar-refractivity contribution >= 4 is 17.4 Å². The first-order valence-electron chi connectivity index (χ1n) is 8.05. The maximum atomic E-state index is 13.6. The highest BCUT2D eigenvalue weighted by molar-refractivity contribution is 6.05. The van der Waals surface area contributed by atoms with Gasteiger partial charge in [-0.1, -0.05) is 0 Å². The molecule has 3 heterocycles. The largest absolute Gasteiger partial charge is 0.340 e. The zero-order valence-corrected chi connectivity index (χ0v) is 13.0. The monoisotopic (exact) mass is 304 g/mol. The average Bonchev–Trinajstić information content (AvgIpc) is 3.31. The van der Waals surface area contributed by atoms with Gasteiger partial charge in [-0.15, -0.1) is 0 Å². The minimum Gasteiger partial charge on any atom is -0.340 e. The summed E-state index contributed by atoms with van der Waals surface area (Å²) in [4.78, 5) is 23.5. The van der Waals surface area contributed by atoms with E-state index in [0.29, 0.717) is 11.7 Å². The second kappa shape index (κ2) is 4.91. The van der Waals surface area contributed by atoms with Crippen molar-refractivity contribution in [3.8, 4) is 0 Å². The summed E-state index contributed by atoms with van der Waals surface area (Å²) in [6, 6.07) is 1.92. The molecule has 1 atom stereocenters. The molecule has 0 spiro atoms. The van der Waals surface area contributed by atoms with Gasteiger partial charge in [-0.25, -0.2) is 9.37 Å². The SMILES string of the molecule is CC(C)N1CCN2c3ncc(F)cc3N(C3CC3)C(=O)[C@H]2C1. The van der Waals surface area contributed by atoms with Crippen LogP contribution in [-0.4, -0.2) is 53.6 Å². The Labute approximate surface area is 129 Å². The highest BCUT2D eigenvalue weighted by Gasteiger charge is 2.47. The summed E-state index contributed by atoms with van der Waals surface area (Å²) in [7, 11) is 0. The van der Waals surface area contributed by atoms with Crippen LogP contribution in [0.2, 0.25) is 0 Å². The molecule has 0 bridgehead atoms. The van der Waals surface area contributed by atoms with Gasteiger partial charge in [0.1, 0.15) is 11.9 Å². The third-order valence-electron chi connectivity index (χ3n) is 4.92. The summed E-state index contributed by atoms with van der Waals surface area (Å²) in [6.45, 7) is 6.70. The molecule has 1 aliphatic carbocycles. The van der Waals surface area contributed by atoms with Gasteiger partial charge in [-0.2, -0.15) is 0 Å². The third-order valence-corrected chi connectivity index (χ3v) is 4.92. The molecule has 0 radical (unpaired) electrons. The molecule has 1 aromatic heterocycles. The zero-order valence-electron chi connectivity index (χ0n) is 13.0. The summed E-state index contributed by atoms with van der Waals surface area (Å²) < 4.78 is 13.6. The number of anilines is 2. The lowest BCUT2D eigenvalue weighted by molar-refractivity contribution is -0.121. The van der Waals surface area contributed by atoms with Crippen LogP contribution >= 0.6 is 0 Å². The van der Waals surface area contributed by atoms with Crippen LogP contribution in [0.5, 0.6) is 0 Å². The van der Waals surface area contributed by atoms with Crippen molar-refractivity contribution in [3.05, 3.63) is 18.1 Å². The lowest BCUT2D eigenvalue weighted by Crippen LogP contribution is -2.64. The quantitative estimate of drug-likeness (QED) is 0.832. The Morgan fingerprint density at radius 2 is 2.09 bits per heavy atom. The summed E-state index contributed by atoms with van der Waals surface area (Å²) in [5.41, 5.74) is 0.654. The van der Waals surface area contributed by atoms with Crippen LogP contribution in [0.1, 0.15) is 26.7 Å². The first kappa shape index (κ1) is 13.9. The molecule has 3 aliphatic rings. The van der Waals surface area contributed by atoms with E-state index in [1.54, 1.807) is 4.90 Å². The van der Waals surface area contributed by atoms with Crippen LogP contribution in [0.4, 0.5) is 15.9 Å². The van der Waals surface area contributed by atoms with E-state index in [4.69, 9.17) is 0 Å². The smallest absolute Gasteiger partial charge is 0.251 e. The van der Waals surface area contributed by atoms with Gasteiger partial charge in [-0.3, -0.25) is 9.69 Å². The van der Waals surface area contributed by atoms with Crippen molar-refractivity contribution in [2.45, 2.75) is 44.8 Å². The minimum absolute atomic E-state index is 0.104. The average molecular weight is 304 g/mol. The summed E-state index contributed by atoms with van der Waals surface area (Å²) in [5.74, 6) is 0.491. The standard InChI is InChI=1S/C16H21FN4O/c1-10(2)19-5-6-20-14(9-19)16(22)21(12-3-4-12)13-7-11(17)8-18-15(13)20/h7-8,10,12,14H,3-6,9H2,1-2H3/t14-/m1/s1.